The van der Waals surface area contributed by atoms with Gasteiger partial charge in [0, 0.05) is 24.2 Å². The molecular weight excluding hydrogens is 226 g/mol. The largest absolute Gasteiger partial charge is 0.350 e. The predicted octanol–water partition coefficient (Wildman–Crippen LogP) is 1.12. The third-order valence-electron chi connectivity index (χ3n) is 3.96. The van der Waals surface area contributed by atoms with E-state index in [2.05, 4.69) is 15.5 Å². The van der Waals surface area contributed by atoms with Gasteiger partial charge in [0.1, 0.15) is 0 Å². The Morgan fingerprint density at radius 1 is 1.28 bits per heavy atom. The highest BCUT2D eigenvalue weighted by atomic mass is 16.2. The fraction of sp³-hybridized carbons (Fsp3) is 0.929. The third kappa shape index (κ3) is 3.23. The van der Waals surface area contributed by atoms with Crippen molar-refractivity contribution >= 4 is 5.91 Å². The van der Waals surface area contributed by atoms with Crippen LogP contribution in [0.3, 0.4) is 0 Å². The van der Waals surface area contributed by atoms with Gasteiger partial charge < -0.3 is 10.6 Å². The molecule has 3 atom stereocenters. The highest BCUT2D eigenvalue weighted by Crippen LogP contribution is 2.28. The van der Waals surface area contributed by atoms with Gasteiger partial charge in [-0.25, -0.2) is 0 Å². The molecule has 2 aliphatic heterocycles. The van der Waals surface area contributed by atoms with Crippen LogP contribution >= 0.6 is 0 Å². The summed E-state index contributed by atoms with van der Waals surface area (Å²) >= 11 is 0. The zero-order valence-electron chi connectivity index (χ0n) is 12.1. The summed E-state index contributed by atoms with van der Waals surface area (Å²) in [6.07, 6.45) is 3.77. The van der Waals surface area contributed by atoms with Gasteiger partial charge in [0.05, 0.1) is 6.04 Å². The van der Waals surface area contributed by atoms with Crippen LogP contribution in [0.15, 0.2) is 0 Å². The Kier molecular flexibility index (Phi) is 3.97. The molecule has 0 spiro atoms. The van der Waals surface area contributed by atoms with Crippen molar-refractivity contribution in [1.82, 2.24) is 15.5 Å². The molecule has 2 fully saturated rings. The van der Waals surface area contributed by atoms with Crippen molar-refractivity contribution in [1.29, 1.82) is 0 Å². The molecule has 0 bridgehead atoms. The molecule has 4 nitrogen and oxygen atoms in total. The maximum Gasteiger partial charge on any atom is 0.237 e. The van der Waals surface area contributed by atoms with Crippen LogP contribution in [0.5, 0.6) is 0 Å². The maximum absolute atomic E-state index is 12.1. The molecular formula is C14H27N3O. The molecule has 3 unspecified atom stereocenters. The van der Waals surface area contributed by atoms with Crippen LogP contribution in [0, 0.1) is 0 Å². The molecule has 0 aliphatic carbocycles. The molecule has 1 amide bonds. The molecule has 2 aliphatic rings. The lowest BCUT2D eigenvalue weighted by Crippen LogP contribution is -2.53. The second-order valence-electron chi connectivity index (χ2n) is 6.77. The number of carbonyl (C=O) groups is 1. The van der Waals surface area contributed by atoms with Crippen LogP contribution in [0.4, 0.5) is 0 Å². The minimum absolute atomic E-state index is 0.102. The number of amides is 1. The van der Waals surface area contributed by atoms with Crippen LogP contribution in [-0.4, -0.2) is 47.6 Å². The van der Waals surface area contributed by atoms with E-state index >= 15 is 0 Å². The fourth-order valence-electron chi connectivity index (χ4n) is 3.15. The molecule has 0 radical (unpaired) electrons. The van der Waals surface area contributed by atoms with Crippen molar-refractivity contribution in [2.45, 2.75) is 70.6 Å². The molecule has 2 saturated heterocycles. The number of nitrogens with one attached hydrogen (secondary N) is 2. The Labute approximate surface area is 110 Å². The van der Waals surface area contributed by atoms with Crippen molar-refractivity contribution < 1.29 is 4.79 Å². The second-order valence-corrected chi connectivity index (χ2v) is 6.77. The first-order chi connectivity index (χ1) is 8.37. The maximum atomic E-state index is 12.1. The van der Waals surface area contributed by atoms with Crippen molar-refractivity contribution in [3.8, 4) is 0 Å². The Morgan fingerprint density at radius 3 is 2.67 bits per heavy atom. The number of nitrogens with zero attached hydrogens (tertiary/aromatic N) is 1. The van der Waals surface area contributed by atoms with Gasteiger partial charge in [0.25, 0.3) is 0 Å². The zero-order chi connectivity index (χ0) is 13.3. The quantitative estimate of drug-likeness (QED) is 0.792. The minimum atomic E-state index is -0.151. The molecule has 0 aromatic heterocycles. The lowest BCUT2D eigenvalue weighted by atomic mass is 10.0. The fourth-order valence-corrected chi connectivity index (χ4v) is 3.15. The van der Waals surface area contributed by atoms with Gasteiger partial charge >= 0.3 is 0 Å². The van der Waals surface area contributed by atoms with Crippen LogP contribution < -0.4 is 10.6 Å². The molecule has 18 heavy (non-hydrogen) atoms. The molecule has 0 aromatic rings. The molecule has 104 valence electrons. The third-order valence-corrected chi connectivity index (χ3v) is 3.96. The SMILES string of the molecule is CC(NC1CCN2CCCC12)C(=O)NC(C)(C)C. The van der Waals surface area contributed by atoms with Crippen molar-refractivity contribution in [2.75, 3.05) is 13.1 Å². The van der Waals surface area contributed by atoms with Crippen LogP contribution in [0.1, 0.15) is 47.0 Å². The summed E-state index contributed by atoms with van der Waals surface area (Å²) in [6.45, 7) is 10.5. The summed E-state index contributed by atoms with van der Waals surface area (Å²) in [5.74, 6) is 0.110. The van der Waals surface area contributed by atoms with Crippen molar-refractivity contribution in [3.63, 3.8) is 0 Å². The van der Waals surface area contributed by atoms with Crippen molar-refractivity contribution in [3.05, 3.63) is 0 Å². The first-order valence-corrected chi connectivity index (χ1v) is 7.19. The molecule has 2 rings (SSSR count). The summed E-state index contributed by atoms with van der Waals surface area (Å²) in [5.41, 5.74) is -0.151. The van der Waals surface area contributed by atoms with E-state index in [-0.39, 0.29) is 17.5 Å². The number of hydrogen-bond donors (Lipinski definition) is 2. The first-order valence-electron chi connectivity index (χ1n) is 7.19. The van der Waals surface area contributed by atoms with Gasteiger partial charge in [-0.3, -0.25) is 9.69 Å². The van der Waals surface area contributed by atoms with Gasteiger partial charge in [0.15, 0.2) is 0 Å². The molecule has 2 N–H and O–H groups in total. The molecule has 4 heteroatoms. The standard InChI is InChI=1S/C14H27N3O/c1-10(13(18)16-14(2,3)4)15-11-7-9-17-8-5-6-12(11)17/h10-12,15H,5-9H2,1-4H3,(H,16,18). The number of hydrogen-bond acceptors (Lipinski definition) is 3. The van der Waals surface area contributed by atoms with E-state index in [1.165, 1.54) is 32.4 Å². The van der Waals surface area contributed by atoms with E-state index in [0.717, 1.165) is 0 Å². The van der Waals surface area contributed by atoms with E-state index in [1.54, 1.807) is 0 Å². The molecule has 0 saturated carbocycles. The van der Waals surface area contributed by atoms with Crippen molar-refractivity contribution in [2.24, 2.45) is 0 Å². The predicted molar refractivity (Wildman–Crippen MR) is 73.5 cm³/mol. The van der Waals surface area contributed by atoms with E-state index in [9.17, 15) is 4.79 Å². The Bertz CT molecular complexity index is 311. The van der Waals surface area contributed by atoms with Crippen LogP contribution in [0.25, 0.3) is 0 Å². The number of rotatable bonds is 3. The minimum Gasteiger partial charge on any atom is -0.350 e. The second kappa shape index (κ2) is 5.17. The van der Waals surface area contributed by atoms with Gasteiger partial charge in [-0.15, -0.1) is 0 Å². The van der Waals surface area contributed by atoms with Gasteiger partial charge in [0.2, 0.25) is 5.91 Å². The lowest BCUT2D eigenvalue weighted by Gasteiger charge is -2.27. The summed E-state index contributed by atoms with van der Waals surface area (Å²) in [6, 6.07) is 1.05. The Morgan fingerprint density at radius 2 is 2.00 bits per heavy atom. The average Bonchev–Trinajstić information content (AvgIpc) is 2.80. The normalized spacial score (nSPS) is 30.2. The highest BCUT2D eigenvalue weighted by Gasteiger charge is 2.38. The Balaban J connectivity index is 1.84. The summed E-state index contributed by atoms with van der Waals surface area (Å²) in [7, 11) is 0. The van der Waals surface area contributed by atoms with E-state index in [1.807, 2.05) is 27.7 Å². The molecule has 0 aromatic carbocycles. The highest BCUT2D eigenvalue weighted by molar-refractivity contribution is 5.81. The first kappa shape index (κ1) is 13.8. The summed E-state index contributed by atoms with van der Waals surface area (Å²) in [5, 5.41) is 6.56. The zero-order valence-corrected chi connectivity index (χ0v) is 12.1. The summed E-state index contributed by atoms with van der Waals surface area (Å²) < 4.78 is 0. The van der Waals surface area contributed by atoms with Gasteiger partial charge in [-0.2, -0.15) is 0 Å². The lowest BCUT2D eigenvalue weighted by molar-refractivity contribution is -0.124. The van der Waals surface area contributed by atoms with Crippen LogP contribution in [0.2, 0.25) is 0 Å². The molecule has 2 heterocycles. The topological polar surface area (TPSA) is 44.4 Å². The monoisotopic (exact) mass is 253 g/mol. The van der Waals surface area contributed by atoms with Crippen LogP contribution in [-0.2, 0) is 4.79 Å². The van der Waals surface area contributed by atoms with Gasteiger partial charge in [-0.1, -0.05) is 0 Å². The van der Waals surface area contributed by atoms with E-state index < -0.39 is 0 Å². The van der Waals surface area contributed by atoms with E-state index in [0.29, 0.717) is 12.1 Å². The summed E-state index contributed by atoms with van der Waals surface area (Å²) in [4.78, 5) is 14.6. The average molecular weight is 253 g/mol. The smallest absolute Gasteiger partial charge is 0.237 e. The van der Waals surface area contributed by atoms with Gasteiger partial charge in [-0.05, 0) is 53.5 Å². The number of fused-ring (bicyclic) bond motifs is 1. The van der Waals surface area contributed by atoms with E-state index in [4.69, 9.17) is 0 Å². The number of carbonyl (C=O) groups excluding carboxylic acids is 1. The Hall–Kier alpha value is -0.610.